The predicted octanol–water partition coefficient (Wildman–Crippen LogP) is 2.80. The summed E-state index contributed by atoms with van der Waals surface area (Å²) in [6.07, 6.45) is -0.294. The minimum absolute atomic E-state index is 0.0548. The van der Waals surface area contributed by atoms with Gasteiger partial charge in [0, 0.05) is 24.5 Å². The summed E-state index contributed by atoms with van der Waals surface area (Å²) in [7, 11) is 0. The van der Waals surface area contributed by atoms with E-state index in [0.717, 1.165) is 5.56 Å². The zero-order valence-electron chi connectivity index (χ0n) is 12.1. The van der Waals surface area contributed by atoms with Crippen molar-refractivity contribution in [3.63, 3.8) is 0 Å². The first-order valence-electron chi connectivity index (χ1n) is 6.81. The van der Waals surface area contributed by atoms with Gasteiger partial charge in [0.2, 0.25) is 0 Å². The number of carbonyl (C=O) groups excluding carboxylic acids is 1. The van der Waals surface area contributed by atoms with Crippen molar-refractivity contribution >= 4 is 12.1 Å². The quantitative estimate of drug-likeness (QED) is 0.327. The smallest absolute Gasteiger partial charge is 0.410 e. The monoisotopic (exact) mass is 306 g/mol. The van der Waals surface area contributed by atoms with E-state index in [1.165, 1.54) is 4.90 Å². The van der Waals surface area contributed by atoms with E-state index in [-0.39, 0.29) is 32.7 Å². The number of rotatable bonds is 9. The largest absolute Gasteiger partial charge is 0.481 e. The van der Waals surface area contributed by atoms with Crippen LogP contribution in [0.1, 0.15) is 18.4 Å². The van der Waals surface area contributed by atoms with Gasteiger partial charge in [0.1, 0.15) is 6.61 Å². The van der Waals surface area contributed by atoms with Gasteiger partial charge in [0.05, 0.1) is 6.42 Å². The third-order valence-corrected chi connectivity index (χ3v) is 2.81. The van der Waals surface area contributed by atoms with Crippen LogP contribution in [-0.4, -0.2) is 41.7 Å². The van der Waals surface area contributed by atoms with Gasteiger partial charge in [-0.25, -0.2) is 4.79 Å². The highest BCUT2D eigenvalue weighted by molar-refractivity contribution is 5.70. The van der Waals surface area contributed by atoms with Crippen LogP contribution in [0.2, 0.25) is 0 Å². The summed E-state index contributed by atoms with van der Waals surface area (Å²) in [4.78, 5) is 26.6. The summed E-state index contributed by atoms with van der Waals surface area (Å²) in [5.74, 6) is -0.990. The van der Waals surface area contributed by atoms with Gasteiger partial charge in [-0.3, -0.25) is 4.79 Å². The molecule has 1 N–H and O–H groups in total. The number of azide groups is 1. The van der Waals surface area contributed by atoms with Crippen molar-refractivity contribution in [1.82, 2.24) is 4.90 Å². The number of nitrogens with zero attached hydrogens (tertiary/aromatic N) is 4. The van der Waals surface area contributed by atoms with Crippen molar-refractivity contribution in [1.29, 1.82) is 0 Å². The molecule has 0 aliphatic carbocycles. The Morgan fingerprint density at radius 2 is 2.00 bits per heavy atom. The Labute approximate surface area is 127 Å². The van der Waals surface area contributed by atoms with Crippen LogP contribution in [0.4, 0.5) is 4.79 Å². The lowest BCUT2D eigenvalue weighted by Gasteiger charge is -2.21. The van der Waals surface area contributed by atoms with Crippen molar-refractivity contribution < 1.29 is 19.4 Å². The molecule has 22 heavy (non-hydrogen) atoms. The molecule has 0 saturated heterocycles. The Hall–Kier alpha value is -2.73. The average molecular weight is 306 g/mol. The highest BCUT2D eigenvalue weighted by Gasteiger charge is 2.15. The lowest BCUT2D eigenvalue weighted by Crippen LogP contribution is -2.34. The lowest BCUT2D eigenvalue weighted by molar-refractivity contribution is -0.137. The van der Waals surface area contributed by atoms with Crippen molar-refractivity contribution in [3.8, 4) is 0 Å². The minimum Gasteiger partial charge on any atom is -0.481 e. The van der Waals surface area contributed by atoms with Crippen molar-refractivity contribution in [2.24, 2.45) is 5.11 Å². The zero-order valence-corrected chi connectivity index (χ0v) is 12.1. The fraction of sp³-hybridized carbons (Fsp3) is 0.429. The molecule has 0 bridgehead atoms. The fourth-order valence-electron chi connectivity index (χ4n) is 1.71. The SMILES string of the molecule is [N-]=[N+]=NCCCN(CCC(=O)O)C(=O)OCc1ccccc1. The van der Waals surface area contributed by atoms with Crippen molar-refractivity contribution in [2.75, 3.05) is 19.6 Å². The summed E-state index contributed by atoms with van der Waals surface area (Å²) in [6.45, 7) is 0.699. The summed E-state index contributed by atoms with van der Waals surface area (Å²) in [6, 6.07) is 9.20. The Bertz CT molecular complexity index is 529. The highest BCUT2D eigenvalue weighted by Crippen LogP contribution is 2.05. The van der Waals surface area contributed by atoms with Gasteiger partial charge in [-0.15, -0.1) is 0 Å². The molecule has 0 aliphatic rings. The van der Waals surface area contributed by atoms with Crippen molar-refractivity contribution in [2.45, 2.75) is 19.4 Å². The zero-order chi connectivity index (χ0) is 16.2. The Morgan fingerprint density at radius 3 is 2.64 bits per heavy atom. The molecular formula is C14H18N4O4. The molecule has 1 aromatic rings. The van der Waals surface area contributed by atoms with Gasteiger partial charge in [0.25, 0.3) is 0 Å². The lowest BCUT2D eigenvalue weighted by atomic mass is 10.2. The van der Waals surface area contributed by atoms with Crippen LogP contribution >= 0.6 is 0 Å². The number of benzene rings is 1. The van der Waals surface area contributed by atoms with E-state index in [4.69, 9.17) is 15.4 Å². The third-order valence-electron chi connectivity index (χ3n) is 2.81. The maximum Gasteiger partial charge on any atom is 0.410 e. The second kappa shape index (κ2) is 10.1. The van der Waals surface area contributed by atoms with Crippen LogP contribution in [0, 0.1) is 0 Å². The maximum absolute atomic E-state index is 12.0. The molecule has 1 rings (SSSR count). The van der Waals surface area contributed by atoms with E-state index >= 15 is 0 Å². The van der Waals surface area contributed by atoms with Gasteiger partial charge in [-0.05, 0) is 17.5 Å². The fourth-order valence-corrected chi connectivity index (χ4v) is 1.71. The number of aliphatic carboxylic acids is 1. The molecule has 0 unspecified atom stereocenters. The second-order valence-electron chi connectivity index (χ2n) is 4.48. The molecular weight excluding hydrogens is 288 g/mol. The maximum atomic E-state index is 12.0. The molecule has 1 aromatic carbocycles. The Balaban J connectivity index is 2.49. The van der Waals surface area contributed by atoms with Crippen LogP contribution in [0.15, 0.2) is 35.4 Å². The van der Waals surface area contributed by atoms with E-state index in [0.29, 0.717) is 6.42 Å². The summed E-state index contributed by atoms with van der Waals surface area (Å²) < 4.78 is 5.17. The van der Waals surface area contributed by atoms with E-state index in [1.54, 1.807) is 0 Å². The van der Waals surface area contributed by atoms with E-state index in [1.807, 2.05) is 30.3 Å². The van der Waals surface area contributed by atoms with Gasteiger partial charge < -0.3 is 14.7 Å². The van der Waals surface area contributed by atoms with Gasteiger partial charge >= 0.3 is 12.1 Å². The Kier molecular flexibility index (Phi) is 7.92. The summed E-state index contributed by atoms with van der Waals surface area (Å²) >= 11 is 0. The predicted molar refractivity (Wildman–Crippen MR) is 79.1 cm³/mol. The topological polar surface area (TPSA) is 116 Å². The molecule has 0 heterocycles. The van der Waals surface area contributed by atoms with E-state index in [2.05, 4.69) is 10.0 Å². The van der Waals surface area contributed by atoms with Gasteiger partial charge in [-0.1, -0.05) is 35.4 Å². The number of ether oxygens (including phenoxy) is 1. The molecule has 0 aliphatic heterocycles. The standard InChI is InChI=1S/C14H18N4O4/c15-17-16-8-4-9-18(10-7-13(19)20)14(21)22-11-12-5-2-1-3-6-12/h1-3,5-6H,4,7-11H2,(H,19,20). The van der Waals surface area contributed by atoms with E-state index in [9.17, 15) is 9.59 Å². The average Bonchev–Trinajstić information content (AvgIpc) is 2.52. The van der Waals surface area contributed by atoms with E-state index < -0.39 is 12.1 Å². The molecule has 0 radical (unpaired) electrons. The first-order chi connectivity index (χ1) is 10.6. The first-order valence-corrected chi connectivity index (χ1v) is 6.81. The molecule has 0 fully saturated rings. The third kappa shape index (κ3) is 7.16. The second-order valence-corrected chi connectivity index (χ2v) is 4.48. The van der Waals surface area contributed by atoms with Crippen LogP contribution in [0.5, 0.6) is 0 Å². The van der Waals surface area contributed by atoms with Crippen molar-refractivity contribution in [3.05, 3.63) is 46.3 Å². The molecule has 1 amide bonds. The molecule has 8 nitrogen and oxygen atoms in total. The molecule has 0 saturated carbocycles. The number of carbonyl (C=O) groups is 2. The van der Waals surface area contributed by atoms with Crippen LogP contribution in [0.3, 0.4) is 0 Å². The minimum atomic E-state index is -0.990. The molecule has 0 spiro atoms. The highest BCUT2D eigenvalue weighted by atomic mass is 16.6. The normalized spacial score (nSPS) is 9.64. The number of carboxylic acids is 1. The number of hydrogen-bond donors (Lipinski definition) is 1. The Morgan fingerprint density at radius 1 is 1.27 bits per heavy atom. The molecule has 118 valence electrons. The summed E-state index contributed by atoms with van der Waals surface area (Å²) in [5.41, 5.74) is 9.05. The molecule has 0 aromatic heterocycles. The summed E-state index contributed by atoms with van der Waals surface area (Å²) in [5, 5.41) is 12.1. The molecule has 8 heteroatoms. The van der Waals surface area contributed by atoms with Gasteiger partial charge in [-0.2, -0.15) is 0 Å². The van der Waals surface area contributed by atoms with Crippen LogP contribution in [0.25, 0.3) is 10.4 Å². The molecule has 0 atom stereocenters. The number of carboxylic acid groups (broad SMARTS) is 1. The van der Waals surface area contributed by atoms with Crippen LogP contribution < -0.4 is 0 Å². The number of amides is 1. The van der Waals surface area contributed by atoms with Crippen LogP contribution in [-0.2, 0) is 16.1 Å². The first kappa shape index (κ1) is 17.3. The van der Waals surface area contributed by atoms with Gasteiger partial charge in [0.15, 0.2) is 0 Å². The number of hydrogen-bond acceptors (Lipinski definition) is 4.